The van der Waals surface area contributed by atoms with Crippen LogP contribution in [0.4, 0.5) is 13.2 Å². The molecule has 1 aromatic heterocycles. The van der Waals surface area contributed by atoms with Crippen LogP contribution in [0.5, 0.6) is 0 Å². The number of nitrogens with zero attached hydrogens (tertiary/aromatic N) is 2. The molecule has 0 bridgehead atoms. The van der Waals surface area contributed by atoms with E-state index in [0.717, 1.165) is 23.5 Å². The standard InChI is InChI=1S/C27H19Cl2F3N2O3S/c28-19-9-10-21(22(29)13-19)25(35)34(23(26(36)37)11-16-5-2-1-3-6-16)15-20-14-33-24(38-20)17-7-4-8-18(12-17)27(30,31)32/h1-10,12-14,23H,11,15H2,(H,36,37)/t23-/m0/s1. The molecule has 1 amide bonds. The smallest absolute Gasteiger partial charge is 0.416 e. The normalized spacial score (nSPS) is 12.2. The van der Waals surface area contributed by atoms with Crippen LogP contribution in [0.1, 0.15) is 26.4 Å². The Bertz CT molecular complexity index is 1460. The Hall–Kier alpha value is -3.40. The molecular weight excluding hydrogens is 560 g/mol. The SMILES string of the molecule is O=C(O)[C@H](Cc1ccccc1)N(Cc1cnc(-c2cccc(C(F)(F)F)c2)s1)C(=O)c1ccc(Cl)cc1Cl. The highest BCUT2D eigenvalue weighted by Gasteiger charge is 2.33. The molecule has 38 heavy (non-hydrogen) atoms. The first-order valence-corrected chi connectivity index (χ1v) is 12.8. The third-order valence-electron chi connectivity index (χ3n) is 5.67. The van der Waals surface area contributed by atoms with Gasteiger partial charge in [0.15, 0.2) is 0 Å². The molecule has 0 spiro atoms. The summed E-state index contributed by atoms with van der Waals surface area (Å²) >= 11 is 13.3. The van der Waals surface area contributed by atoms with Gasteiger partial charge in [0, 0.05) is 28.1 Å². The molecule has 5 nitrogen and oxygen atoms in total. The zero-order valence-electron chi connectivity index (χ0n) is 19.5. The summed E-state index contributed by atoms with van der Waals surface area (Å²) in [5.74, 6) is -1.86. The second-order valence-corrected chi connectivity index (χ2v) is 10.3. The van der Waals surface area contributed by atoms with E-state index in [1.165, 1.54) is 41.4 Å². The van der Waals surface area contributed by atoms with Gasteiger partial charge < -0.3 is 10.0 Å². The summed E-state index contributed by atoms with van der Waals surface area (Å²) in [4.78, 5) is 31.9. The molecule has 0 saturated heterocycles. The van der Waals surface area contributed by atoms with Gasteiger partial charge in [-0.15, -0.1) is 11.3 Å². The van der Waals surface area contributed by atoms with Crippen LogP contribution in [-0.4, -0.2) is 32.9 Å². The van der Waals surface area contributed by atoms with Gasteiger partial charge >= 0.3 is 12.1 Å². The van der Waals surface area contributed by atoms with Gasteiger partial charge in [0.1, 0.15) is 11.0 Å². The summed E-state index contributed by atoms with van der Waals surface area (Å²) in [5, 5.41) is 10.8. The minimum Gasteiger partial charge on any atom is -0.480 e. The molecule has 0 saturated carbocycles. The number of thiazole rings is 1. The van der Waals surface area contributed by atoms with Crippen molar-refractivity contribution in [3.8, 4) is 10.6 Å². The van der Waals surface area contributed by atoms with Crippen LogP contribution >= 0.6 is 34.5 Å². The first-order chi connectivity index (χ1) is 18.0. The molecule has 1 atom stereocenters. The number of hydrogen-bond donors (Lipinski definition) is 1. The fourth-order valence-corrected chi connectivity index (χ4v) is 5.22. The van der Waals surface area contributed by atoms with Crippen LogP contribution in [0.3, 0.4) is 0 Å². The van der Waals surface area contributed by atoms with Gasteiger partial charge in [-0.25, -0.2) is 9.78 Å². The van der Waals surface area contributed by atoms with Crippen LogP contribution in [-0.2, 0) is 23.9 Å². The largest absolute Gasteiger partial charge is 0.480 e. The number of alkyl halides is 3. The summed E-state index contributed by atoms with van der Waals surface area (Å²) in [6.07, 6.45) is -3.07. The lowest BCUT2D eigenvalue weighted by Gasteiger charge is -2.29. The number of aliphatic carboxylic acids is 1. The van der Waals surface area contributed by atoms with Gasteiger partial charge in [-0.2, -0.15) is 13.2 Å². The quantitative estimate of drug-likeness (QED) is 0.235. The van der Waals surface area contributed by atoms with Crippen molar-refractivity contribution in [1.29, 1.82) is 0 Å². The molecule has 0 aliphatic heterocycles. The zero-order chi connectivity index (χ0) is 27.4. The second-order valence-electron chi connectivity index (χ2n) is 8.31. The summed E-state index contributed by atoms with van der Waals surface area (Å²) in [7, 11) is 0. The Kier molecular flexibility index (Phi) is 8.40. The predicted molar refractivity (Wildman–Crippen MR) is 140 cm³/mol. The molecule has 4 rings (SSSR count). The van der Waals surface area contributed by atoms with E-state index in [1.54, 1.807) is 30.3 Å². The Balaban J connectivity index is 1.70. The predicted octanol–water partition coefficient (Wildman–Crippen LogP) is 7.47. The number of carboxylic acids is 1. The highest BCUT2D eigenvalue weighted by atomic mass is 35.5. The molecule has 0 radical (unpaired) electrons. The van der Waals surface area contributed by atoms with Crippen molar-refractivity contribution in [2.45, 2.75) is 25.2 Å². The van der Waals surface area contributed by atoms with Gasteiger partial charge in [0.2, 0.25) is 0 Å². The molecular formula is C27H19Cl2F3N2O3S. The molecule has 1 heterocycles. The Morgan fingerprint density at radius 2 is 1.74 bits per heavy atom. The molecule has 4 aromatic rings. The van der Waals surface area contributed by atoms with Crippen molar-refractivity contribution < 1.29 is 27.9 Å². The first-order valence-electron chi connectivity index (χ1n) is 11.2. The molecule has 196 valence electrons. The van der Waals surface area contributed by atoms with E-state index in [-0.39, 0.29) is 29.1 Å². The fraction of sp³-hybridized carbons (Fsp3) is 0.148. The van der Waals surface area contributed by atoms with Crippen LogP contribution in [0.15, 0.2) is 79.0 Å². The molecule has 0 unspecified atom stereocenters. The summed E-state index contributed by atoms with van der Waals surface area (Å²) in [5.41, 5.74) is 0.218. The maximum Gasteiger partial charge on any atom is 0.416 e. The summed E-state index contributed by atoms with van der Waals surface area (Å²) < 4.78 is 39.5. The number of hydrogen-bond acceptors (Lipinski definition) is 4. The van der Waals surface area contributed by atoms with Crippen LogP contribution in [0.25, 0.3) is 10.6 Å². The lowest BCUT2D eigenvalue weighted by atomic mass is 10.0. The molecule has 11 heteroatoms. The van der Waals surface area contributed by atoms with Crippen molar-refractivity contribution in [1.82, 2.24) is 9.88 Å². The molecule has 0 aliphatic carbocycles. The van der Waals surface area contributed by atoms with Gasteiger partial charge in [-0.05, 0) is 35.9 Å². The number of aromatic nitrogens is 1. The highest BCUT2D eigenvalue weighted by Crippen LogP contribution is 2.34. The first kappa shape index (κ1) is 27.6. The Morgan fingerprint density at radius 3 is 2.39 bits per heavy atom. The maximum absolute atomic E-state index is 13.6. The van der Waals surface area contributed by atoms with Crippen LogP contribution in [0.2, 0.25) is 10.0 Å². The summed E-state index contributed by atoms with van der Waals surface area (Å²) in [6.45, 7) is -0.155. The van der Waals surface area contributed by atoms with Crippen LogP contribution in [0, 0.1) is 0 Å². The number of rotatable bonds is 8. The van der Waals surface area contributed by atoms with Gasteiger partial charge in [0.05, 0.1) is 22.7 Å². The maximum atomic E-state index is 13.6. The molecule has 0 aliphatic rings. The summed E-state index contributed by atoms with van der Waals surface area (Å²) in [6, 6.07) is 16.6. The van der Waals surface area contributed by atoms with E-state index in [4.69, 9.17) is 23.2 Å². The number of carbonyl (C=O) groups is 2. The van der Waals surface area contributed by atoms with E-state index in [0.29, 0.717) is 20.5 Å². The number of carbonyl (C=O) groups excluding carboxylic acids is 1. The van der Waals surface area contributed by atoms with Crippen molar-refractivity contribution >= 4 is 46.4 Å². The van der Waals surface area contributed by atoms with Gasteiger partial charge in [-0.1, -0.05) is 65.7 Å². The van der Waals surface area contributed by atoms with E-state index >= 15 is 0 Å². The number of amides is 1. The molecule has 1 N–H and O–H groups in total. The van der Waals surface area contributed by atoms with Crippen molar-refractivity contribution in [3.05, 3.63) is 111 Å². The number of benzene rings is 3. The topological polar surface area (TPSA) is 70.5 Å². The lowest BCUT2D eigenvalue weighted by molar-refractivity contribution is -0.142. The number of halogens is 5. The van der Waals surface area contributed by atoms with Crippen molar-refractivity contribution in [3.63, 3.8) is 0 Å². The average Bonchev–Trinajstić information content (AvgIpc) is 3.34. The lowest BCUT2D eigenvalue weighted by Crippen LogP contribution is -2.46. The molecule has 3 aromatic carbocycles. The van der Waals surface area contributed by atoms with Crippen LogP contribution < -0.4 is 0 Å². The fourth-order valence-electron chi connectivity index (χ4n) is 3.82. The second kappa shape index (κ2) is 11.6. The zero-order valence-corrected chi connectivity index (χ0v) is 21.8. The van der Waals surface area contributed by atoms with Gasteiger partial charge in [-0.3, -0.25) is 4.79 Å². The highest BCUT2D eigenvalue weighted by molar-refractivity contribution is 7.15. The number of carboxylic acid groups (broad SMARTS) is 1. The average molecular weight is 579 g/mol. The monoisotopic (exact) mass is 578 g/mol. The minimum atomic E-state index is -4.51. The minimum absolute atomic E-state index is 0.0202. The Labute approximate surface area is 230 Å². The van der Waals surface area contributed by atoms with Gasteiger partial charge in [0.25, 0.3) is 5.91 Å². The van der Waals surface area contributed by atoms with E-state index in [1.807, 2.05) is 0 Å². The van der Waals surface area contributed by atoms with Crippen molar-refractivity contribution in [2.24, 2.45) is 0 Å². The van der Waals surface area contributed by atoms with E-state index in [9.17, 15) is 27.9 Å². The third kappa shape index (κ3) is 6.53. The van der Waals surface area contributed by atoms with E-state index < -0.39 is 29.7 Å². The third-order valence-corrected chi connectivity index (χ3v) is 7.25. The molecule has 0 fully saturated rings. The Morgan fingerprint density at radius 1 is 1.00 bits per heavy atom. The van der Waals surface area contributed by atoms with E-state index in [2.05, 4.69) is 4.98 Å². The van der Waals surface area contributed by atoms with Crippen molar-refractivity contribution in [2.75, 3.05) is 0 Å².